The molecule has 0 amide bonds. The minimum Gasteiger partial charge on any atom is -0.166 e. The number of rotatable bonds is 2. The highest BCUT2D eigenvalue weighted by atomic mass is 19.4. The first-order valence-corrected chi connectivity index (χ1v) is 7.87. The van der Waals surface area contributed by atoms with Crippen LogP contribution in [-0.4, -0.2) is 0 Å². The van der Waals surface area contributed by atoms with Crippen molar-refractivity contribution in [2.45, 2.75) is 38.0 Å². The Kier molecular flexibility index (Phi) is 5.87. The van der Waals surface area contributed by atoms with Crippen LogP contribution in [0.2, 0.25) is 0 Å². The highest BCUT2D eigenvalue weighted by molar-refractivity contribution is 5.46. The van der Waals surface area contributed by atoms with Gasteiger partial charge in [0.1, 0.15) is 0 Å². The average Bonchev–Trinajstić information content (AvgIpc) is 2.50. The van der Waals surface area contributed by atoms with Crippen molar-refractivity contribution in [3.8, 4) is 0 Å². The third-order valence-corrected chi connectivity index (χ3v) is 4.18. The lowest BCUT2D eigenvalue weighted by atomic mass is 9.91. The van der Waals surface area contributed by atoms with Gasteiger partial charge in [0, 0.05) is 0 Å². The first-order valence-electron chi connectivity index (χ1n) is 7.87. The summed E-state index contributed by atoms with van der Waals surface area (Å²) in [4.78, 5) is 0. The number of benzene rings is 2. The molecule has 0 nitrogen and oxygen atoms in total. The first kappa shape index (κ1) is 23.9. The van der Waals surface area contributed by atoms with E-state index in [0.29, 0.717) is 19.1 Å². The van der Waals surface area contributed by atoms with Gasteiger partial charge in [-0.3, -0.25) is 0 Å². The molecule has 2 rings (SSSR count). The summed E-state index contributed by atoms with van der Waals surface area (Å²) >= 11 is 0. The summed E-state index contributed by atoms with van der Waals surface area (Å²) < 4.78 is 156. The van der Waals surface area contributed by atoms with Crippen molar-refractivity contribution in [3.05, 3.63) is 69.3 Å². The third-order valence-electron chi connectivity index (χ3n) is 4.18. The van der Waals surface area contributed by atoms with Gasteiger partial charge in [-0.05, 0) is 54.3 Å². The van der Waals surface area contributed by atoms with E-state index in [-0.39, 0.29) is 18.2 Å². The van der Waals surface area contributed by atoms with Gasteiger partial charge in [0.15, 0.2) is 0 Å². The van der Waals surface area contributed by atoms with E-state index in [1.807, 2.05) is 0 Å². The molecule has 0 atom stereocenters. The summed E-state index contributed by atoms with van der Waals surface area (Å²) in [5, 5.41) is 0. The second-order valence-corrected chi connectivity index (χ2v) is 6.36. The fourth-order valence-electron chi connectivity index (χ4n) is 2.96. The molecule has 0 unspecified atom stereocenters. The summed E-state index contributed by atoms with van der Waals surface area (Å²) in [5.41, 5.74) is -9.77. The molecule has 0 bridgehead atoms. The van der Waals surface area contributed by atoms with Gasteiger partial charge in [-0.25, -0.2) is 0 Å². The smallest absolute Gasteiger partial charge is 0.166 e. The Hall–Kier alpha value is -2.40. The van der Waals surface area contributed by atoms with Crippen molar-refractivity contribution in [3.63, 3.8) is 0 Å². The topological polar surface area (TPSA) is 0 Å². The second kappa shape index (κ2) is 7.38. The van der Waals surface area contributed by atoms with Crippen LogP contribution in [0.15, 0.2) is 30.3 Å². The molecule has 0 saturated heterocycles. The Labute approximate surface area is 161 Å². The van der Waals surface area contributed by atoms with E-state index in [4.69, 9.17) is 0 Å². The highest BCUT2D eigenvalue weighted by Crippen LogP contribution is 2.42. The van der Waals surface area contributed by atoms with Crippen molar-refractivity contribution in [1.82, 2.24) is 0 Å². The van der Waals surface area contributed by atoms with E-state index in [1.54, 1.807) is 0 Å². The van der Waals surface area contributed by atoms with Crippen LogP contribution in [0.1, 0.15) is 38.9 Å². The Morgan fingerprint density at radius 3 is 1.43 bits per heavy atom. The van der Waals surface area contributed by atoms with Crippen LogP contribution in [0.4, 0.5) is 52.7 Å². The van der Waals surface area contributed by atoms with Crippen LogP contribution < -0.4 is 0 Å². The van der Waals surface area contributed by atoms with Crippen molar-refractivity contribution >= 4 is 0 Å². The van der Waals surface area contributed by atoms with Gasteiger partial charge in [-0.1, -0.05) is 6.07 Å². The molecule has 0 aliphatic carbocycles. The lowest BCUT2D eigenvalue weighted by molar-refractivity contribution is -0.145. The molecule has 0 aromatic heterocycles. The van der Waals surface area contributed by atoms with Gasteiger partial charge >= 0.3 is 24.7 Å². The standard InChI is InChI=1S/C18H10F12/c1-8-13(17(25,26)27)3-2-10(14(8)18(28,29)30)4-9-5-11(15(19,20)21)7-12(6-9)16(22,23)24/h2-3,5-7H,4H2,1H3. The molecule has 0 fully saturated rings. The van der Waals surface area contributed by atoms with Gasteiger partial charge in [0.05, 0.1) is 22.3 Å². The lowest BCUT2D eigenvalue weighted by Crippen LogP contribution is -2.18. The summed E-state index contributed by atoms with van der Waals surface area (Å²) in [6.07, 6.45) is -22.0. The maximum atomic E-state index is 13.4. The molecule has 0 radical (unpaired) electrons. The SMILES string of the molecule is Cc1c(C(F)(F)F)ccc(Cc2cc(C(F)(F)F)cc(C(F)(F)F)c2)c1C(F)(F)F. The maximum absolute atomic E-state index is 13.4. The average molecular weight is 454 g/mol. The summed E-state index contributed by atoms with van der Waals surface area (Å²) in [7, 11) is 0. The fourth-order valence-corrected chi connectivity index (χ4v) is 2.96. The maximum Gasteiger partial charge on any atom is 0.416 e. The Bertz CT molecular complexity index is 894. The van der Waals surface area contributed by atoms with E-state index in [2.05, 4.69) is 0 Å². The largest absolute Gasteiger partial charge is 0.416 e. The van der Waals surface area contributed by atoms with Gasteiger partial charge < -0.3 is 0 Å². The normalized spacial score (nSPS) is 13.6. The van der Waals surface area contributed by atoms with Crippen molar-refractivity contribution in [2.24, 2.45) is 0 Å². The molecule has 0 aliphatic rings. The van der Waals surface area contributed by atoms with Gasteiger partial charge in [-0.15, -0.1) is 0 Å². The predicted molar refractivity (Wildman–Crippen MR) is 80.4 cm³/mol. The van der Waals surface area contributed by atoms with Crippen LogP contribution in [0.25, 0.3) is 0 Å². The molecule has 12 heteroatoms. The third kappa shape index (κ3) is 5.20. The van der Waals surface area contributed by atoms with Gasteiger partial charge in [0.2, 0.25) is 0 Å². The van der Waals surface area contributed by atoms with Crippen molar-refractivity contribution in [2.75, 3.05) is 0 Å². The zero-order valence-corrected chi connectivity index (χ0v) is 14.6. The predicted octanol–water partition coefficient (Wildman–Crippen LogP) is 7.66. The van der Waals surface area contributed by atoms with Crippen molar-refractivity contribution < 1.29 is 52.7 Å². The van der Waals surface area contributed by atoms with Crippen LogP contribution >= 0.6 is 0 Å². The van der Waals surface area contributed by atoms with E-state index < -0.39 is 70.1 Å². The summed E-state index contributed by atoms with van der Waals surface area (Å²) in [6.45, 7) is 0.530. The lowest BCUT2D eigenvalue weighted by Gasteiger charge is -2.20. The number of hydrogen-bond acceptors (Lipinski definition) is 0. The van der Waals surface area contributed by atoms with E-state index in [0.717, 1.165) is 0 Å². The monoisotopic (exact) mass is 454 g/mol. The number of halogens is 12. The van der Waals surface area contributed by atoms with Crippen LogP contribution in [0.3, 0.4) is 0 Å². The molecule has 0 saturated carbocycles. The van der Waals surface area contributed by atoms with E-state index >= 15 is 0 Å². The van der Waals surface area contributed by atoms with Crippen LogP contribution in [0, 0.1) is 6.92 Å². The minimum absolute atomic E-state index is 0.202. The Balaban J connectivity index is 2.69. The Morgan fingerprint density at radius 2 is 1.07 bits per heavy atom. The molecular weight excluding hydrogens is 444 g/mol. The van der Waals surface area contributed by atoms with Crippen LogP contribution in [-0.2, 0) is 31.1 Å². The molecular formula is C18H10F12. The highest BCUT2D eigenvalue weighted by Gasteiger charge is 2.41. The summed E-state index contributed by atoms with van der Waals surface area (Å²) in [6, 6.07) is 0.946. The first-order chi connectivity index (χ1) is 13.3. The number of alkyl halides is 12. The zero-order chi connectivity index (χ0) is 23.3. The molecule has 0 N–H and O–H groups in total. The quantitative estimate of drug-likeness (QED) is 0.409. The summed E-state index contributed by atoms with van der Waals surface area (Å²) in [5.74, 6) is 0. The zero-order valence-electron chi connectivity index (χ0n) is 14.6. The molecule has 0 heterocycles. The molecule has 166 valence electrons. The Morgan fingerprint density at radius 1 is 0.600 bits per heavy atom. The van der Waals surface area contributed by atoms with Crippen LogP contribution in [0.5, 0.6) is 0 Å². The second-order valence-electron chi connectivity index (χ2n) is 6.36. The minimum atomic E-state index is -5.32. The van der Waals surface area contributed by atoms with Crippen molar-refractivity contribution in [1.29, 1.82) is 0 Å². The molecule has 0 spiro atoms. The van der Waals surface area contributed by atoms with Gasteiger partial charge in [-0.2, -0.15) is 52.7 Å². The molecule has 2 aromatic carbocycles. The van der Waals surface area contributed by atoms with Gasteiger partial charge in [0.25, 0.3) is 0 Å². The number of hydrogen-bond donors (Lipinski definition) is 0. The van der Waals surface area contributed by atoms with E-state index in [9.17, 15) is 52.7 Å². The molecule has 2 aromatic rings. The molecule has 30 heavy (non-hydrogen) atoms. The fraction of sp³-hybridized carbons (Fsp3) is 0.333. The van der Waals surface area contributed by atoms with E-state index in [1.165, 1.54) is 0 Å². The molecule has 0 aliphatic heterocycles.